The Kier molecular flexibility index (Phi) is 9.28. The van der Waals surface area contributed by atoms with Gasteiger partial charge >= 0.3 is 12.1 Å². The zero-order valence-corrected chi connectivity index (χ0v) is 21.5. The maximum absolute atomic E-state index is 13.5. The number of carbonyl (C=O) groups is 2. The third kappa shape index (κ3) is 7.85. The van der Waals surface area contributed by atoms with Crippen molar-refractivity contribution in [1.29, 1.82) is 0 Å². The summed E-state index contributed by atoms with van der Waals surface area (Å²) in [7, 11) is 0. The Hall–Kier alpha value is -3.81. The minimum absolute atomic E-state index is 0.0410. The number of hydrogen-bond acceptors (Lipinski definition) is 3. The molecule has 0 spiro atoms. The van der Waals surface area contributed by atoms with Gasteiger partial charge in [-0.25, -0.2) is 0 Å². The number of carbonyl (C=O) groups excluding carboxylic acids is 1. The maximum atomic E-state index is 13.5. The van der Waals surface area contributed by atoms with Crippen LogP contribution in [0.2, 0.25) is 0 Å². The zero-order valence-electron chi connectivity index (χ0n) is 21.5. The molecule has 3 aromatic carbocycles. The van der Waals surface area contributed by atoms with Gasteiger partial charge in [-0.05, 0) is 59.4 Å². The molecule has 1 aliphatic rings. The van der Waals surface area contributed by atoms with Crippen molar-refractivity contribution in [3.63, 3.8) is 0 Å². The van der Waals surface area contributed by atoms with E-state index in [1.807, 2.05) is 12.1 Å². The highest BCUT2D eigenvalue weighted by atomic mass is 19.4. The van der Waals surface area contributed by atoms with E-state index < -0.39 is 17.7 Å². The molecule has 0 aliphatic heterocycles. The number of aliphatic carboxylic acids is 1. The van der Waals surface area contributed by atoms with Crippen LogP contribution in [0.25, 0.3) is 11.1 Å². The van der Waals surface area contributed by atoms with Crippen LogP contribution in [-0.4, -0.2) is 23.5 Å². The van der Waals surface area contributed by atoms with E-state index in [1.54, 1.807) is 42.5 Å². The third-order valence-electron chi connectivity index (χ3n) is 7.12. The summed E-state index contributed by atoms with van der Waals surface area (Å²) < 4.78 is 47.0. The summed E-state index contributed by atoms with van der Waals surface area (Å²) in [5.74, 6) is -0.282. The normalized spacial score (nSPS) is 14.9. The van der Waals surface area contributed by atoms with E-state index in [1.165, 1.54) is 31.4 Å². The van der Waals surface area contributed by atoms with Crippen molar-refractivity contribution in [2.24, 2.45) is 5.92 Å². The van der Waals surface area contributed by atoms with Gasteiger partial charge in [0.25, 0.3) is 5.91 Å². The molecule has 0 radical (unpaired) electrons. The summed E-state index contributed by atoms with van der Waals surface area (Å²) >= 11 is 0. The first-order valence-corrected chi connectivity index (χ1v) is 13.2. The molecular formula is C31H32F3NO4. The van der Waals surface area contributed by atoms with Crippen LogP contribution in [0.1, 0.15) is 72.5 Å². The van der Waals surface area contributed by atoms with Gasteiger partial charge < -0.3 is 15.2 Å². The SMILES string of the molecule is O=C(O)CCNC(=O)c1ccc(O[C@H](CC2CCCCC2)c2ccc(-c3ccccc3C(F)(F)F)cc2)cc1. The quantitative estimate of drug-likeness (QED) is 0.277. The molecule has 1 fully saturated rings. The number of halogens is 3. The molecule has 0 unspecified atom stereocenters. The minimum Gasteiger partial charge on any atom is -0.486 e. The lowest BCUT2D eigenvalue weighted by molar-refractivity contribution is -0.137. The Morgan fingerprint density at radius 3 is 2.23 bits per heavy atom. The van der Waals surface area contributed by atoms with E-state index in [0.29, 0.717) is 22.8 Å². The van der Waals surface area contributed by atoms with E-state index in [4.69, 9.17) is 9.84 Å². The lowest BCUT2D eigenvalue weighted by Crippen LogP contribution is -2.25. The highest BCUT2D eigenvalue weighted by Crippen LogP contribution is 2.39. The van der Waals surface area contributed by atoms with Gasteiger partial charge in [0.1, 0.15) is 11.9 Å². The lowest BCUT2D eigenvalue weighted by atomic mass is 9.84. The number of benzene rings is 3. The fraction of sp³-hybridized carbons (Fsp3) is 0.355. The van der Waals surface area contributed by atoms with Crippen molar-refractivity contribution in [2.75, 3.05) is 6.54 Å². The summed E-state index contributed by atoms with van der Waals surface area (Å²) in [4.78, 5) is 22.9. The molecular weight excluding hydrogens is 507 g/mol. The highest BCUT2D eigenvalue weighted by Gasteiger charge is 2.33. The number of carboxylic acids is 1. The summed E-state index contributed by atoms with van der Waals surface area (Å²) in [5, 5.41) is 11.3. The first kappa shape index (κ1) is 28.2. The van der Waals surface area contributed by atoms with Crippen LogP contribution in [0.15, 0.2) is 72.8 Å². The molecule has 39 heavy (non-hydrogen) atoms. The Morgan fingerprint density at radius 1 is 0.923 bits per heavy atom. The molecule has 1 saturated carbocycles. The second-order valence-electron chi connectivity index (χ2n) is 9.94. The first-order chi connectivity index (χ1) is 18.7. The average molecular weight is 540 g/mol. The van der Waals surface area contributed by atoms with Crippen molar-refractivity contribution in [3.8, 4) is 16.9 Å². The summed E-state index contributed by atoms with van der Waals surface area (Å²) in [6.07, 6.45) is 1.71. The average Bonchev–Trinajstić information content (AvgIpc) is 2.93. The third-order valence-corrected chi connectivity index (χ3v) is 7.12. The van der Waals surface area contributed by atoms with E-state index in [9.17, 15) is 22.8 Å². The number of ether oxygens (including phenoxy) is 1. The van der Waals surface area contributed by atoms with Crippen molar-refractivity contribution >= 4 is 11.9 Å². The molecule has 2 N–H and O–H groups in total. The minimum atomic E-state index is -4.44. The molecule has 5 nitrogen and oxygen atoms in total. The van der Waals surface area contributed by atoms with E-state index >= 15 is 0 Å². The maximum Gasteiger partial charge on any atom is 0.417 e. The van der Waals surface area contributed by atoms with Crippen molar-refractivity contribution in [1.82, 2.24) is 5.32 Å². The van der Waals surface area contributed by atoms with Crippen LogP contribution in [0.4, 0.5) is 13.2 Å². The number of rotatable bonds is 10. The molecule has 1 aliphatic carbocycles. The van der Waals surface area contributed by atoms with Crippen LogP contribution >= 0.6 is 0 Å². The van der Waals surface area contributed by atoms with Crippen LogP contribution in [0.5, 0.6) is 5.75 Å². The Bertz CT molecular complexity index is 1250. The van der Waals surface area contributed by atoms with Gasteiger partial charge in [0.05, 0.1) is 12.0 Å². The first-order valence-electron chi connectivity index (χ1n) is 13.2. The number of amides is 1. The van der Waals surface area contributed by atoms with Gasteiger partial charge in [0, 0.05) is 12.1 Å². The number of carboxylic acid groups (broad SMARTS) is 1. The molecule has 1 amide bonds. The molecule has 1 atom stereocenters. The van der Waals surface area contributed by atoms with Crippen LogP contribution in [0.3, 0.4) is 0 Å². The van der Waals surface area contributed by atoms with Gasteiger partial charge in [-0.3, -0.25) is 9.59 Å². The van der Waals surface area contributed by atoms with E-state index in [0.717, 1.165) is 30.9 Å². The smallest absolute Gasteiger partial charge is 0.417 e. The fourth-order valence-electron chi connectivity index (χ4n) is 5.07. The predicted octanol–water partition coefficient (Wildman–Crippen LogP) is 7.67. The fourth-order valence-corrected chi connectivity index (χ4v) is 5.07. The molecule has 206 valence electrons. The van der Waals surface area contributed by atoms with Crippen LogP contribution < -0.4 is 10.1 Å². The number of hydrogen-bond donors (Lipinski definition) is 2. The van der Waals surface area contributed by atoms with Gasteiger partial charge in [0.15, 0.2) is 0 Å². The highest BCUT2D eigenvalue weighted by molar-refractivity contribution is 5.94. The standard InChI is InChI=1S/C31H32F3NO4/c32-31(33,34)27-9-5-4-8-26(27)22-10-12-23(13-11-22)28(20-21-6-2-1-3-7-21)39-25-16-14-24(15-17-25)30(38)35-19-18-29(36)37/h4-5,8-17,21,28H,1-3,6-7,18-20H2,(H,35,38)(H,36,37)/t28-/m1/s1. The molecule has 4 rings (SSSR count). The topological polar surface area (TPSA) is 75.6 Å². The molecule has 3 aromatic rings. The summed E-state index contributed by atoms with van der Waals surface area (Å²) in [5.41, 5.74) is 1.23. The Balaban J connectivity index is 1.52. The van der Waals surface area contributed by atoms with Crippen molar-refractivity contribution < 1.29 is 32.6 Å². The van der Waals surface area contributed by atoms with Gasteiger partial charge in [0.2, 0.25) is 0 Å². The lowest BCUT2D eigenvalue weighted by Gasteiger charge is -2.27. The monoisotopic (exact) mass is 539 g/mol. The van der Waals surface area contributed by atoms with Gasteiger partial charge in [-0.15, -0.1) is 0 Å². The van der Waals surface area contributed by atoms with Crippen molar-refractivity contribution in [3.05, 3.63) is 89.5 Å². The van der Waals surface area contributed by atoms with Gasteiger partial charge in [-0.1, -0.05) is 74.6 Å². The second-order valence-corrected chi connectivity index (χ2v) is 9.94. The Morgan fingerprint density at radius 2 is 1.59 bits per heavy atom. The molecule has 0 bridgehead atoms. The Labute approximate surface area is 226 Å². The van der Waals surface area contributed by atoms with E-state index in [2.05, 4.69) is 5.32 Å². The largest absolute Gasteiger partial charge is 0.486 e. The predicted molar refractivity (Wildman–Crippen MR) is 142 cm³/mol. The summed E-state index contributed by atoms with van der Waals surface area (Å²) in [6.45, 7) is 0.0410. The van der Waals surface area contributed by atoms with Crippen molar-refractivity contribution in [2.45, 2.75) is 57.2 Å². The second kappa shape index (κ2) is 12.8. The molecule has 0 heterocycles. The number of nitrogens with one attached hydrogen (secondary N) is 1. The molecule has 8 heteroatoms. The van der Waals surface area contributed by atoms with Gasteiger partial charge in [-0.2, -0.15) is 13.2 Å². The molecule has 0 aromatic heterocycles. The van der Waals surface area contributed by atoms with E-state index in [-0.39, 0.29) is 30.5 Å². The zero-order chi connectivity index (χ0) is 27.8. The summed E-state index contributed by atoms with van der Waals surface area (Å²) in [6, 6.07) is 19.3. The van der Waals surface area contributed by atoms with Crippen LogP contribution in [-0.2, 0) is 11.0 Å². The van der Waals surface area contributed by atoms with Crippen LogP contribution in [0, 0.1) is 5.92 Å². The number of alkyl halides is 3. The molecule has 0 saturated heterocycles.